The van der Waals surface area contributed by atoms with Gasteiger partial charge in [-0.2, -0.15) is 0 Å². The molecule has 5 heteroatoms. The summed E-state index contributed by atoms with van der Waals surface area (Å²) in [6.07, 6.45) is 0. The van der Waals surface area contributed by atoms with Crippen molar-refractivity contribution < 1.29 is 13.9 Å². The first kappa shape index (κ1) is 10.6. The van der Waals surface area contributed by atoms with Gasteiger partial charge in [0.25, 0.3) is 0 Å². The molecule has 0 saturated carbocycles. The first-order valence-electron chi connectivity index (χ1n) is 5.62. The van der Waals surface area contributed by atoms with Crippen molar-refractivity contribution in [2.45, 2.75) is 6.04 Å². The molecule has 1 N–H and O–H groups in total. The van der Waals surface area contributed by atoms with E-state index >= 15 is 0 Å². The van der Waals surface area contributed by atoms with Crippen LogP contribution in [0.5, 0.6) is 5.75 Å². The summed E-state index contributed by atoms with van der Waals surface area (Å²) in [5, 5.41) is 3.31. The highest BCUT2D eigenvalue weighted by molar-refractivity contribution is 5.74. The smallest absolute Gasteiger partial charge is 0.215 e. The quantitative estimate of drug-likeness (QED) is 0.853. The van der Waals surface area contributed by atoms with E-state index in [0.717, 1.165) is 30.0 Å². The number of aromatic nitrogens is 1. The number of ether oxygens (including phenoxy) is 2. The third-order valence-corrected chi connectivity index (χ3v) is 2.83. The van der Waals surface area contributed by atoms with Crippen molar-refractivity contribution >= 4 is 11.1 Å². The van der Waals surface area contributed by atoms with E-state index in [9.17, 15) is 0 Å². The van der Waals surface area contributed by atoms with E-state index in [1.165, 1.54) is 0 Å². The van der Waals surface area contributed by atoms with Crippen LogP contribution in [-0.4, -0.2) is 31.9 Å². The number of rotatable bonds is 2. The Kier molecular flexibility index (Phi) is 2.70. The molecule has 0 aliphatic carbocycles. The van der Waals surface area contributed by atoms with Gasteiger partial charge in [-0.3, -0.25) is 0 Å². The van der Waals surface area contributed by atoms with Gasteiger partial charge in [-0.25, -0.2) is 4.98 Å². The molecule has 1 fully saturated rings. The molecule has 3 rings (SSSR count). The molecule has 0 bridgehead atoms. The van der Waals surface area contributed by atoms with Crippen LogP contribution in [0.2, 0.25) is 0 Å². The fraction of sp³-hybridized carbons (Fsp3) is 0.417. The standard InChI is InChI=1S/C12H14N2O3/c1-15-8-2-3-9-11(6-8)17-12(14-9)10-7-16-5-4-13-10/h2-3,6,10,13H,4-5,7H2,1H3. The number of morpholine rings is 1. The first-order valence-corrected chi connectivity index (χ1v) is 5.62. The Morgan fingerprint density at radius 3 is 3.18 bits per heavy atom. The van der Waals surface area contributed by atoms with Crippen LogP contribution < -0.4 is 10.1 Å². The average molecular weight is 234 g/mol. The number of hydrogen-bond acceptors (Lipinski definition) is 5. The van der Waals surface area contributed by atoms with Gasteiger partial charge in [-0.15, -0.1) is 0 Å². The van der Waals surface area contributed by atoms with Gasteiger partial charge in [-0.1, -0.05) is 0 Å². The molecule has 1 aliphatic rings. The molecule has 0 spiro atoms. The number of nitrogens with zero attached hydrogens (tertiary/aromatic N) is 1. The highest BCUT2D eigenvalue weighted by Crippen LogP contribution is 2.24. The molecular weight excluding hydrogens is 220 g/mol. The molecule has 1 unspecified atom stereocenters. The highest BCUT2D eigenvalue weighted by atomic mass is 16.5. The van der Waals surface area contributed by atoms with Gasteiger partial charge in [0.2, 0.25) is 5.89 Å². The molecule has 90 valence electrons. The van der Waals surface area contributed by atoms with Gasteiger partial charge in [-0.05, 0) is 12.1 Å². The van der Waals surface area contributed by atoms with Crippen molar-refractivity contribution in [1.82, 2.24) is 10.3 Å². The molecule has 1 atom stereocenters. The number of oxazole rings is 1. The second kappa shape index (κ2) is 4.35. The van der Waals surface area contributed by atoms with Gasteiger partial charge in [0, 0.05) is 12.6 Å². The van der Waals surface area contributed by atoms with E-state index in [-0.39, 0.29) is 6.04 Å². The Morgan fingerprint density at radius 1 is 1.47 bits per heavy atom. The van der Waals surface area contributed by atoms with Crippen molar-refractivity contribution in [3.63, 3.8) is 0 Å². The lowest BCUT2D eigenvalue weighted by Crippen LogP contribution is -2.34. The van der Waals surface area contributed by atoms with E-state index in [1.807, 2.05) is 18.2 Å². The maximum absolute atomic E-state index is 5.72. The lowest BCUT2D eigenvalue weighted by Gasteiger charge is -2.20. The Balaban J connectivity index is 1.95. The topological polar surface area (TPSA) is 56.5 Å². The van der Waals surface area contributed by atoms with Crippen molar-refractivity contribution in [2.75, 3.05) is 26.9 Å². The summed E-state index contributed by atoms with van der Waals surface area (Å²) in [6, 6.07) is 5.65. The van der Waals surface area contributed by atoms with Gasteiger partial charge < -0.3 is 19.2 Å². The summed E-state index contributed by atoms with van der Waals surface area (Å²) in [7, 11) is 1.63. The summed E-state index contributed by atoms with van der Waals surface area (Å²) in [5.74, 6) is 1.45. The average Bonchev–Trinajstić information content (AvgIpc) is 2.82. The van der Waals surface area contributed by atoms with Crippen LogP contribution in [0.4, 0.5) is 0 Å². The van der Waals surface area contributed by atoms with Crippen LogP contribution in [-0.2, 0) is 4.74 Å². The minimum absolute atomic E-state index is 0.0437. The fourth-order valence-corrected chi connectivity index (χ4v) is 1.92. The summed E-state index contributed by atoms with van der Waals surface area (Å²) >= 11 is 0. The fourth-order valence-electron chi connectivity index (χ4n) is 1.92. The molecule has 1 aromatic carbocycles. The first-order chi connectivity index (χ1) is 8.36. The Morgan fingerprint density at radius 2 is 2.41 bits per heavy atom. The van der Waals surface area contributed by atoms with Crippen molar-refractivity contribution in [3.05, 3.63) is 24.1 Å². The summed E-state index contributed by atoms with van der Waals surface area (Å²) in [6.45, 7) is 2.17. The normalized spacial score (nSPS) is 20.6. The van der Waals surface area contributed by atoms with Crippen LogP contribution in [0.3, 0.4) is 0 Å². The van der Waals surface area contributed by atoms with Crippen LogP contribution in [0.1, 0.15) is 11.9 Å². The van der Waals surface area contributed by atoms with Gasteiger partial charge in [0.1, 0.15) is 17.3 Å². The maximum Gasteiger partial charge on any atom is 0.215 e. The number of nitrogens with one attached hydrogen (secondary N) is 1. The highest BCUT2D eigenvalue weighted by Gasteiger charge is 2.20. The van der Waals surface area contributed by atoms with Crippen molar-refractivity contribution in [1.29, 1.82) is 0 Å². The van der Waals surface area contributed by atoms with Crippen molar-refractivity contribution in [3.8, 4) is 5.75 Å². The molecule has 0 amide bonds. The number of hydrogen-bond donors (Lipinski definition) is 1. The third kappa shape index (κ3) is 1.99. The van der Waals surface area contributed by atoms with Crippen LogP contribution in [0.15, 0.2) is 22.6 Å². The summed E-state index contributed by atoms with van der Waals surface area (Å²) in [5.41, 5.74) is 1.58. The molecule has 17 heavy (non-hydrogen) atoms. The lowest BCUT2D eigenvalue weighted by atomic mass is 10.3. The van der Waals surface area contributed by atoms with E-state index in [1.54, 1.807) is 7.11 Å². The second-order valence-corrected chi connectivity index (χ2v) is 3.97. The van der Waals surface area contributed by atoms with Crippen LogP contribution in [0, 0.1) is 0 Å². The number of fused-ring (bicyclic) bond motifs is 1. The molecule has 2 heterocycles. The molecular formula is C12H14N2O3. The minimum atomic E-state index is 0.0437. The van der Waals surface area contributed by atoms with Gasteiger partial charge in [0.15, 0.2) is 5.58 Å². The van der Waals surface area contributed by atoms with E-state index in [4.69, 9.17) is 13.9 Å². The Labute approximate surface area is 98.7 Å². The zero-order chi connectivity index (χ0) is 11.7. The summed E-state index contributed by atoms with van der Waals surface area (Å²) < 4.78 is 16.3. The monoisotopic (exact) mass is 234 g/mol. The van der Waals surface area contributed by atoms with Crippen molar-refractivity contribution in [2.24, 2.45) is 0 Å². The van der Waals surface area contributed by atoms with Gasteiger partial charge in [0.05, 0.1) is 20.3 Å². The summed E-state index contributed by atoms with van der Waals surface area (Å²) in [4.78, 5) is 4.45. The SMILES string of the molecule is COc1ccc2nc(C3COCCN3)oc2c1. The van der Waals surface area contributed by atoms with E-state index in [2.05, 4.69) is 10.3 Å². The molecule has 1 saturated heterocycles. The Hall–Kier alpha value is -1.59. The Bertz CT molecular complexity index is 517. The van der Waals surface area contributed by atoms with Gasteiger partial charge >= 0.3 is 0 Å². The van der Waals surface area contributed by atoms with Crippen LogP contribution in [0.25, 0.3) is 11.1 Å². The largest absolute Gasteiger partial charge is 0.497 e. The minimum Gasteiger partial charge on any atom is -0.497 e. The van der Waals surface area contributed by atoms with Crippen LogP contribution >= 0.6 is 0 Å². The maximum atomic E-state index is 5.72. The predicted molar refractivity (Wildman–Crippen MR) is 62.1 cm³/mol. The molecule has 5 nitrogen and oxygen atoms in total. The van der Waals surface area contributed by atoms with E-state index < -0.39 is 0 Å². The predicted octanol–water partition coefficient (Wildman–Crippen LogP) is 1.50. The second-order valence-electron chi connectivity index (χ2n) is 3.97. The molecule has 0 radical (unpaired) electrons. The molecule has 1 aromatic heterocycles. The molecule has 1 aliphatic heterocycles. The third-order valence-electron chi connectivity index (χ3n) is 2.83. The number of methoxy groups -OCH3 is 1. The van der Waals surface area contributed by atoms with E-state index in [0.29, 0.717) is 12.5 Å². The number of benzene rings is 1. The zero-order valence-corrected chi connectivity index (χ0v) is 9.60. The lowest BCUT2D eigenvalue weighted by molar-refractivity contribution is 0.0687. The molecule has 2 aromatic rings. The zero-order valence-electron chi connectivity index (χ0n) is 9.60.